The fourth-order valence-corrected chi connectivity index (χ4v) is 2.74. The van der Waals surface area contributed by atoms with E-state index in [-0.39, 0.29) is 52.4 Å². The average molecular weight is 375 g/mol. The third-order valence-electron chi connectivity index (χ3n) is 3.63. The lowest BCUT2D eigenvalue weighted by Crippen LogP contribution is -2.31. The van der Waals surface area contributed by atoms with Crippen LogP contribution < -0.4 is 5.32 Å². The van der Waals surface area contributed by atoms with Gasteiger partial charge >= 0.3 is 5.97 Å². The van der Waals surface area contributed by atoms with E-state index in [9.17, 15) is 14.7 Å². The molecule has 1 amide bonds. The number of halogens is 2. The van der Waals surface area contributed by atoms with Crippen molar-refractivity contribution in [2.75, 3.05) is 32.1 Å². The van der Waals surface area contributed by atoms with Gasteiger partial charge in [-0.05, 0) is 18.6 Å². The summed E-state index contributed by atoms with van der Waals surface area (Å²) in [6.45, 7) is 1.44. The number of benzene rings is 1. The Kier molecular flexibility index (Phi) is 5.58. The third-order valence-corrected chi connectivity index (χ3v) is 4.49. The van der Waals surface area contributed by atoms with Crippen LogP contribution in [0.2, 0.25) is 10.0 Å². The maximum absolute atomic E-state index is 12.4. The molecule has 0 fully saturated rings. The first kappa shape index (κ1) is 18.4. The van der Waals surface area contributed by atoms with Crippen molar-refractivity contribution in [3.63, 3.8) is 0 Å². The minimum absolute atomic E-state index is 0.0114. The van der Waals surface area contributed by atoms with Gasteiger partial charge in [0.1, 0.15) is 5.70 Å². The molecule has 24 heavy (non-hydrogen) atoms. The van der Waals surface area contributed by atoms with Gasteiger partial charge < -0.3 is 25.2 Å². The molecule has 3 N–H and O–H groups in total. The van der Waals surface area contributed by atoms with E-state index in [2.05, 4.69) is 10.1 Å². The quantitative estimate of drug-likeness (QED) is 0.535. The van der Waals surface area contributed by atoms with Gasteiger partial charge in [0.15, 0.2) is 5.75 Å². The van der Waals surface area contributed by atoms with Crippen LogP contribution in [0.25, 0.3) is 0 Å². The zero-order valence-corrected chi connectivity index (χ0v) is 14.5. The van der Waals surface area contributed by atoms with E-state index >= 15 is 0 Å². The van der Waals surface area contributed by atoms with E-state index < -0.39 is 11.9 Å². The number of rotatable bonds is 5. The number of methoxy groups -OCH3 is 1. The van der Waals surface area contributed by atoms with E-state index in [4.69, 9.17) is 28.3 Å². The normalized spacial score (nSPS) is 14.4. The lowest BCUT2D eigenvalue weighted by Gasteiger charge is -2.16. The lowest BCUT2D eigenvalue weighted by molar-refractivity contribution is -0.136. The highest BCUT2D eigenvalue weighted by atomic mass is 35.5. The molecule has 0 saturated heterocycles. The first-order valence-corrected chi connectivity index (χ1v) is 7.73. The topological polar surface area (TPSA) is 99.1 Å². The summed E-state index contributed by atoms with van der Waals surface area (Å²) in [5, 5.41) is 22.2. The minimum atomic E-state index is -0.685. The van der Waals surface area contributed by atoms with Crippen LogP contribution in [0.5, 0.6) is 5.75 Å². The summed E-state index contributed by atoms with van der Waals surface area (Å²) < 4.78 is 4.68. The number of anilines is 1. The Bertz CT molecular complexity index is 733. The number of carbonyl (C=O) groups excluding carboxylic acids is 2. The molecule has 1 aliphatic heterocycles. The second-order valence-corrected chi connectivity index (χ2v) is 5.90. The molecular formula is C15H16Cl2N2O5. The lowest BCUT2D eigenvalue weighted by atomic mass is 10.1. The molecule has 1 aromatic rings. The molecule has 9 heteroatoms. The molecule has 130 valence electrons. The molecule has 1 heterocycles. The summed E-state index contributed by atoms with van der Waals surface area (Å²) in [5.41, 5.74) is 0.610. The van der Waals surface area contributed by atoms with E-state index in [1.807, 2.05) is 0 Å². The molecule has 1 aliphatic rings. The molecule has 0 atom stereocenters. The van der Waals surface area contributed by atoms with Gasteiger partial charge in [0.2, 0.25) is 0 Å². The number of nitrogens with one attached hydrogen (secondary N) is 1. The van der Waals surface area contributed by atoms with Crippen molar-refractivity contribution in [3.05, 3.63) is 32.9 Å². The predicted molar refractivity (Wildman–Crippen MR) is 89.2 cm³/mol. The maximum Gasteiger partial charge on any atom is 0.337 e. The van der Waals surface area contributed by atoms with Crippen molar-refractivity contribution in [2.24, 2.45) is 0 Å². The van der Waals surface area contributed by atoms with Gasteiger partial charge in [0.25, 0.3) is 5.91 Å². The van der Waals surface area contributed by atoms with Crippen LogP contribution in [0.1, 0.15) is 5.56 Å². The Morgan fingerprint density at radius 3 is 2.71 bits per heavy atom. The number of aromatic hydroxyl groups is 1. The molecule has 0 saturated carbocycles. The largest absolute Gasteiger partial charge is 0.504 e. The molecule has 0 aliphatic carbocycles. The summed E-state index contributed by atoms with van der Waals surface area (Å²) in [7, 11) is 1.20. The number of phenols is 1. The van der Waals surface area contributed by atoms with Gasteiger partial charge in [-0.1, -0.05) is 23.2 Å². The maximum atomic E-state index is 12.4. The Morgan fingerprint density at radius 1 is 1.46 bits per heavy atom. The van der Waals surface area contributed by atoms with Crippen LogP contribution in [0.15, 0.2) is 17.3 Å². The number of amides is 1. The van der Waals surface area contributed by atoms with Crippen molar-refractivity contribution in [3.8, 4) is 5.75 Å². The number of ether oxygens (including phenoxy) is 1. The van der Waals surface area contributed by atoms with Crippen LogP contribution in [0, 0.1) is 6.92 Å². The van der Waals surface area contributed by atoms with Crippen molar-refractivity contribution in [1.29, 1.82) is 0 Å². The van der Waals surface area contributed by atoms with Crippen LogP contribution >= 0.6 is 23.2 Å². The second-order valence-electron chi connectivity index (χ2n) is 5.11. The molecule has 1 aromatic carbocycles. The zero-order chi connectivity index (χ0) is 18.0. The van der Waals surface area contributed by atoms with E-state index in [0.717, 1.165) is 0 Å². The van der Waals surface area contributed by atoms with Gasteiger partial charge in [0, 0.05) is 11.6 Å². The molecule has 0 aromatic heterocycles. The Morgan fingerprint density at radius 2 is 2.12 bits per heavy atom. The number of aliphatic hydroxyl groups is 1. The first-order chi connectivity index (χ1) is 11.3. The summed E-state index contributed by atoms with van der Waals surface area (Å²) in [6, 6.07) is 1.40. The first-order valence-electron chi connectivity index (χ1n) is 6.98. The second kappa shape index (κ2) is 7.29. The highest BCUT2D eigenvalue weighted by molar-refractivity contribution is 6.37. The summed E-state index contributed by atoms with van der Waals surface area (Å²) in [4.78, 5) is 25.6. The number of hydrogen-bond acceptors (Lipinski definition) is 6. The fraction of sp³-hybridized carbons (Fsp3) is 0.333. The molecular weight excluding hydrogens is 359 g/mol. The standard InChI is InChI=1S/C15H16Cl2N2O5/c1-7-9(16)5-10(13(21)11(7)17)18-12-8(15(23)24-2)6-19(3-4-20)14(12)22/h5,18,20-21H,3-4,6H2,1-2H3. The predicted octanol–water partition coefficient (Wildman–Crippen LogP) is 1.68. The monoisotopic (exact) mass is 374 g/mol. The highest BCUT2D eigenvalue weighted by Gasteiger charge is 2.35. The van der Waals surface area contributed by atoms with Crippen LogP contribution in [0.3, 0.4) is 0 Å². The molecule has 0 spiro atoms. The number of carbonyl (C=O) groups is 2. The fourth-order valence-electron chi connectivity index (χ4n) is 2.28. The Hall–Kier alpha value is -1.96. The summed E-state index contributed by atoms with van der Waals surface area (Å²) >= 11 is 12.0. The number of phenolic OH excluding ortho intramolecular Hbond substituents is 1. The highest BCUT2D eigenvalue weighted by Crippen LogP contribution is 2.40. The molecule has 0 unspecified atom stereocenters. The van der Waals surface area contributed by atoms with Crippen molar-refractivity contribution >= 4 is 40.8 Å². The minimum Gasteiger partial charge on any atom is -0.504 e. The number of nitrogens with zero attached hydrogens (tertiary/aromatic N) is 1. The van der Waals surface area contributed by atoms with Gasteiger partial charge in [0.05, 0.1) is 36.5 Å². The van der Waals surface area contributed by atoms with Crippen molar-refractivity contribution in [2.45, 2.75) is 6.92 Å². The smallest absolute Gasteiger partial charge is 0.337 e. The van der Waals surface area contributed by atoms with Gasteiger partial charge in [-0.2, -0.15) is 0 Å². The van der Waals surface area contributed by atoms with Gasteiger partial charge in [-0.15, -0.1) is 0 Å². The molecule has 0 radical (unpaired) electrons. The number of hydrogen-bond donors (Lipinski definition) is 3. The summed E-state index contributed by atoms with van der Waals surface area (Å²) in [6.07, 6.45) is 0. The van der Waals surface area contributed by atoms with Gasteiger partial charge in [-0.25, -0.2) is 4.79 Å². The van der Waals surface area contributed by atoms with Crippen molar-refractivity contribution in [1.82, 2.24) is 4.90 Å². The van der Waals surface area contributed by atoms with Gasteiger partial charge in [-0.3, -0.25) is 4.79 Å². The molecule has 0 bridgehead atoms. The van der Waals surface area contributed by atoms with E-state index in [0.29, 0.717) is 5.56 Å². The van der Waals surface area contributed by atoms with E-state index in [1.165, 1.54) is 18.1 Å². The van der Waals surface area contributed by atoms with Crippen LogP contribution in [0.4, 0.5) is 5.69 Å². The molecule has 7 nitrogen and oxygen atoms in total. The number of esters is 1. The van der Waals surface area contributed by atoms with Crippen LogP contribution in [-0.4, -0.2) is 53.8 Å². The SMILES string of the molecule is COC(=O)C1=C(Nc2cc(Cl)c(C)c(Cl)c2O)C(=O)N(CCO)C1. The Balaban J connectivity index is 2.45. The van der Waals surface area contributed by atoms with Crippen molar-refractivity contribution < 1.29 is 24.5 Å². The number of aliphatic hydroxyl groups excluding tert-OH is 1. The van der Waals surface area contributed by atoms with E-state index in [1.54, 1.807) is 6.92 Å². The number of β-amino-alcohol motifs (C(OH)–C–C–N with tert-alkyl or cyclic N) is 1. The summed E-state index contributed by atoms with van der Waals surface area (Å²) in [5.74, 6) is -1.48. The molecule has 2 rings (SSSR count). The Labute approximate surface area is 148 Å². The third kappa shape index (κ3) is 3.28. The zero-order valence-electron chi connectivity index (χ0n) is 13.0. The average Bonchev–Trinajstić information content (AvgIpc) is 2.87. The van der Waals surface area contributed by atoms with Crippen LogP contribution in [-0.2, 0) is 14.3 Å².